The molecule has 0 saturated carbocycles. The molecule has 1 aromatic carbocycles. The van der Waals surface area contributed by atoms with Gasteiger partial charge in [0.25, 0.3) is 0 Å². The van der Waals surface area contributed by atoms with Crippen LogP contribution < -0.4 is 10.1 Å². The predicted octanol–water partition coefficient (Wildman–Crippen LogP) is 2.43. The fourth-order valence-electron chi connectivity index (χ4n) is 2.23. The van der Waals surface area contributed by atoms with E-state index in [4.69, 9.17) is 4.74 Å². The molecule has 1 heterocycles. The normalized spacial score (nSPS) is 10.8. The number of hydrogen-bond acceptors (Lipinski definition) is 3. The first-order chi connectivity index (χ1) is 9.06. The van der Waals surface area contributed by atoms with Gasteiger partial charge in [-0.15, -0.1) is 0 Å². The minimum absolute atomic E-state index is 0.791. The Labute approximate surface area is 114 Å². The van der Waals surface area contributed by atoms with E-state index >= 15 is 0 Å². The minimum atomic E-state index is 0.791. The molecule has 4 nitrogen and oxygen atoms in total. The highest BCUT2D eigenvalue weighted by molar-refractivity contribution is 5.71. The third-order valence-electron chi connectivity index (χ3n) is 3.34. The zero-order valence-corrected chi connectivity index (χ0v) is 12.2. The number of methoxy groups -OCH3 is 1. The summed E-state index contributed by atoms with van der Waals surface area (Å²) in [6.07, 6.45) is 2.04. The number of rotatable bonds is 4. The number of aromatic nitrogens is 2. The van der Waals surface area contributed by atoms with Crippen molar-refractivity contribution in [2.45, 2.75) is 20.4 Å². The van der Waals surface area contributed by atoms with Crippen molar-refractivity contribution in [1.82, 2.24) is 15.1 Å². The second-order valence-electron chi connectivity index (χ2n) is 4.84. The first-order valence-electron chi connectivity index (χ1n) is 6.39. The molecular weight excluding hydrogens is 238 g/mol. The number of hydrogen-bond donors (Lipinski definition) is 1. The lowest BCUT2D eigenvalue weighted by Gasteiger charge is -2.11. The fraction of sp³-hybridized carbons (Fsp3) is 0.400. The van der Waals surface area contributed by atoms with Crippen molar-refractivity contribution in [2.75, 3.05) is 14.2 Å². The highest BCUT2D eigenvalue weighted by Crippen LogP contribution is 2.33. The van der Waals surface area contributed by atoms with E-state index < -0.39 is 0 Å². The fourth-order valence-corrected chi connectivity index (χ4v) is 2.23. The molecule has 0 radical (unpaired) electrons. The molecular formula is C15H21N3O. The zero-order valence-electron chi connectivity index (χ0n) is 12.2. The minimum Gasteiger partial charge on any atom is -0.496 e. The lowest BCUT2D eigenvalue weighted by Crippen LogP contribution is -2.05. The van der Waals surface area contributed by atoms with Gasteiger partial charge >= 0.3 is 0 Å². The third kappa shape index (κ3) is 2.63. The molecule has 2 aromatic rings. The van der Waals surface area contributed by atoms with E-state index in [-0.39, 0.29) is 0 Å². The monoisotopic (exact) mass is 259 g/mol. The molecule has 0 amide bonds. The summed E-state index contributed by atoms with van der Waals surface area (Å²) in [5.74, 6) is 0.874. The van der Waals surface area contributed by atoms with Gasteiger partial charge < -0.3 is 10.1 Å². The average Bonchev–Trinajstić information content (AvgIpc) is 2.73. The molecule has 0 aliphatic carbocycles. The van der Waals surface area contributed by atoms with E-state index in [9.17, 15) is 0 Å². The molecule has 0 unspecified atom stereocenters. The molecule has 102 valence electrons. The molecule has 0 aliphatic heterocycles. The first-order valence-corrected chi connectivity index (χ1v) is 6.39. The Morgan fingerprint density at radius 2 is 1.95 bits per heavy atom. The van der Waals surface area contributed by atoms with Gasteiger partial charge in [0, 0.05) is 30.9 Å². The molecule has 0 saturated heterocycles. The van der Waals surface area contributed by atoms with Crippen molar-refractivity contribution in [2.24, 2.45) is 7.05 Å². The number of aryl methyl sites for hydroxylation is 3. The number of benzene rings is 1. The van der Waals surface area contributed by atoms with Gasteiger partial charge in [0.15, 0.2) is 0 Å². The molecule has 19 heavy (non-hydrogen) atoms. The van der Waals surface area contributed by atoms with Crippen LogP contribution in [0.15, 0.2) is 18.3 Å². The van der Waals surface area contributed by atoms with Crippen LogP contribution in [0.2, 0.25) is 0 Å². The Bertz CT molecular complexity index is 587. The summed E-state index contributed by atoms with van der Waals surface area (Å²) in [7, 11) is 5.58. The lowest BCUT2D eigenvalue weighted by molar-refractivity contribution is 0.416. The van der Waals surface area contributed by atoms with Gasteiger partial charge in [-0.1, -0.05) is 0 Å². The summed E-state index contributed by atoms with van der Waals surface area (Å²) >= 11 is 0. The Morgan fingerprint density at radius 3 is 2.58 bits per heavy atom. The highest BCUT2D eigenvalue weighted by Gasteiger charge is 2.15. The topological polar surface area (TPSA) is 39.1 Å². The Hall–Kier alpha value is -1.81. The van der Waals surface area contributed by atoms with Crippen molar-refractivity contribution in [3.05, 3.63) is 35.0 Å². The van der Waals surface area contributed by atoms with Gasteiger partial charge in [0.05, 0.1) is 7.11 Å². The lowest BCUT2D eigenvalue weighted by atomic mass is 10.0. The number of ether oxygens (including phenoxy) is 1. The molecule has 0 spiro atoms. The van der Waals surface area contributed by atoms with E-state index in [1.54, 1.807) is 7.11 Å². The quantitative estimate of drug-likeness (QED) is 0.916. The van der Waals surface area contributed by atoms with Crippen LogP contribution in [-0.4, -0.2) is 23.9 Å². The van der Waals surface area contributed by atoms with Gasteiger partial charge in [-0.3, -0.25) is 4.68 Å². The standard InChI is InChI=1S/C15H21N3O/c1-10-6-13(14(19-5)7-11(10)2)15-12(8-16-3)9-18(4)17-15/h6-7,9,16H,8H2,1-5H3. The second kappa shape index (κ2) is 5.45. The first kappa shape index (κ1) is 13.6. The van der Waals surface area contributed by atoms with E-state index in [0.29, 0.717) is 0 Å². The van der Waals surface area contributed by atoms with Crippen molar-refractivity contribution in [1.29, 1.82) is 0 Å². The van der Waals surface area contributed by atoms with Crippen LogP contribution in [0.25, 0.3) is 11.3 Å². The summed E-state index contributed by atoms with van der Waals surface area (Å²) in [6, 6.07) is 4.22. The maximum atomic E-state index is 5.51. The van der Waals surface area contributed by atoms with Crippen LogP contribution in [0.4, 0.5) is 0 Å². The Kier molecular flexibility index (Phi) is 3.90. The molecule has 0 fully saturated rings. The number of nitrogens with zero attached hydrogens (tertiary/aromatic N) is 2. The van der Waals surface area contributed by atoms with E-state index in [1.165, 1.54) is 16.7 Å². The summed E-state index contributed by atoms with van der Waals surface area (Å²) in [6.45, 7) is 4.99. The van der Waals surface area contributed by atoms with Crippen molar-refractivity contribution < 1.29 is 4.74 Å². The second-order valence-corrected chi connectivity index (χ2v) is 4.84. The molecule has 4 heteroatoms. The molecule has 0 atom stereocenters. The molecule has 1 N–H and O–H groups in total. The molecule has 0 aliphatic rings. The SMILES string of the molecule is CNCc1cn(C)nc1-c1cc(C)c(C)cc1OC. The summed E-state index contributed by atoms with van der Waals surface area (Å²) in [5, 5.41) is 7.75. The smallest absolute Gasteiger partial charge is 0.128 e. The van der Waals surface area contributed by atoms with Gasteiger partial charge in [-0.05, 0) is 44.2 Å². The maximum absolute atomic E-state index is 5.51. The highest BCUT2D eigenvalue weighted by atomic mass is 16.5. The summed E-state index contributed by atoms with van der Waals surface area (Å²) in [4.78, 5) is 0. The van der Waals surface area contributed by atoms with Gasteiger partial charge in [0.1, 0.15) is 11.4 Å². The van der Waals surface area contributed by atoms with Crippen LogP contribution in [0.1, 0.15) is 16.7 Å². The zero-order chi connectivity index (χ0) is 14.0. The molecule has 2 rings (SSSR count). The van der Waals surface area contributed by atoms with E-state index in [0.717, 1.165) is 23.6 Å². The van der Waals surface area contributed by atoms with Crippen LogP contribution >= 0.6 is 0 Å². The summed E-state index contributed by atoms with van der Waals surface area (Å²) in [5.41, 5.74) is 5.68. The Morgan fingerprint density at radius 1 is 1.26 bits per heavy atom. The molecule has 1 aromatic heterocycles. The van der Waals surface area contributed by atoms with Crippen molar-refractivity contribution >= 4 is 0 Å². The van der Waals surface area contributed by atoms with Gasteiger partial charge in [0.2, 0.25) is 0 Å². The van der Waals surface area contributed by atoms with Crippen LogP contribution in [0.5, 0.6) is 5.75 Å². The van der Waals surface area contributed by atoms with Crippen LogP contribution in [-0.2, 0) is 13.6 Å². The van der Waals surface area contributed by atoms with Gasteiger partial charge in [-0.25, -0.2) is 0 Å². The van der Waals surface area contributed by atoms with Crippen molar-refractivity contribution in [3.63, 3.8) is 0 Å². The predicted molar refractivity (Wildman–Crippen MR) is 77.4 cm³/mol. The van der Waals surface area contributed by atoms with Crippen LogP contribution in [0.3, 0.4) is 0 Å². The number of nitrogens with one attached hydrogen (secondary N) is 1. The summed E-state index contributed by atoms with van der Waals surface area (Å²) < 4.78 is 7.35. The van der Waals surface area contributed by atoms with E-state index in [2.05, 4.69) is 36.4 Å². The Balaban J connectivity index is 2.60. The maximum Gasteiger partial charge on any atom is 0.128 e. The van der Waals surface area contributed by atoms with Crippen LogP contribution in [0, 0.1) is 13.8 Å². The van der Waals surface area contributed by atoms with Gasteiger partial charge in [-0.2, -0.15) is 5.10 Å². The molecule has 0 bridgehead atoms. The third-order valence-corrected chi connectivity index (χ3v) is 3.34. The largest absolute Gasteiger partial charge is 0.496 e. The van der Waals surface area contributed by atoms with E-state index in [1.807, 2.05) is 25.0 Å². The van der Waals surface area contributed by atoms with Crippen molar-refractivity contribution in [3.8, 4) is 17.0 Å². The average molecular weight is 259 g/mol.